The fourth-order valence-corrected chi connectivity index (χ4v) is 3.32. The van der Waals surface area contributed by atoms with Crippen molar-refractivity contribution in [2.75, 3.05) is 12.3 Å². The van der Waals surface area contributed by atoms with Crippen molar-refractivity contribution >= 4 is 11.7 Å². The molecule has 1 fully saturated rings. The molecular formula is C19H24N4O2. The third-order valence-electron chi connectivity index (χ3n) is 4.86. The first kappa shape index (κ1) is 17.4. The third kappa shape index (κ3) is 4.14. The third-order valence-corrected chi connectivity index (χ3v) is 4.86. The maximum Gasteiger partial charge on any atom is 0.251 e. The van der Waals surface area contributed by atoms with Crippen LogP contribution in [-0.4, -0.2) is 33.1 Å². The van der Waals surface area contributed by atoms with Crippen molar-refractivity contribution in [1.82, 2.24) is 15.3 Å². The van der Waals surface area contributed by atoms with Gasteiger partial charge in [0.05, 0.1) is 30.2 Å². The molecule has 0 unspecified atom stereocenters. The highest BCUT2D eigenvalue weighted by molar-refractivity contribution is 5.95. The Bertz CT molecular complexity index is 705. The molecule has 0 bridgehead atoms. The van der Waals surface area contributed by atoms with Crippen molar-refractivity contribution in [2.24, 2.45) is 0 Å². The second-order valence-corrected chi connectivity index (χ2v) is 6.71. The molecule has 2 aromatic rings. The van der Waals surface area contributed by atoms with Crippen LogP contribution in [0.15, 0.2) is 36.7 Å². The molecule has 1 amide bonds. The minimum absolute atomic E-state index is 0.0160. The number of nitrogen functional groups attached to an aromatic ring is 1. The van der Waals surface area contributed by atoms with Gasteiger partial charge in [0.25, 0.3) is 5.91 Å². The van der Waals surface area contributed by atoms with E-state index in [0.717, 1.165) is 44.1 Å². The summed E-state index contributed by atoms with van der Waals surface area (Å²) in [6, 6.07) is 7.22. The molecule has 1 aromatic carbocycles. The highest BCUT2D eigenvalue weighted by Gasteiger charge is 2.32. The average Bonchev–Trinajstić information content (AvgIpc) is 2.88. The predicted molar refractivity (Wildman–Crippen MR) is 96.9 cm³/mol. The van der Waals surface area contributed by atoms with Gasteiger partial charge in [-0.1, -0.05) is 37.8 Å². The molecule has 1 saturated carbocycles. The van der Waals surface area contributed by atoms with Gasteiger partial charge in [0, 0.05) is 11.1 Å². The summed E-state index contributed by atoms with van der Waals surface area (Å²) in [5.41, 5.74) is 7.21. The molecule has 1 aliphatic rings. The maximum absolute atomic E-state index is 12.6. The number of carbonyl (C=O) groups excluding carboxylic acids is 1. The Morgan fingerprint density at radius 3 is 2.32 bits per heavy atom. The number of anilines is 1. The summed E-state index contributed by atoms with van der Waals surface area (Å²) in [7, 11) is 0. The Morgan fingerprint density at radius 2 is 1.76 bits per heavy atom. The quantitative estimate of drug-likeness (QED) is 0.743. The molecule has 6 heteroatoms. The molecule has 1 aromatic heterocycles. The van der Waals surface area contributed by atoms with E-state index in [1.165, 1.54) is 6.20 Å². The Balaban J connectivity index is 1.72. The summed E-state index contributed by atoms with van der Waals surface area (Å²) < 4.78 is 0. The van der Waals surface area contributed by atoms with Crippen LogP contribution in [0.3, 0.4) is 0 Å². The van der Waals surface area contributed by atoms with Gasteiger partial charge in [-0.3, -0.25) is 9.78 Å². The molecule has 132 valence electrons. The van der Waals surface area contributed by atoms with Crippen LogP contribution in [0.25, 0.3) is 11.3 Å². The van der Waals surface area contributed by atoms with E-state index in [-0.39, 0.29) is 12.5 Å². The molecular weight excluding hydrogens is 316 g/mol. The number of nitrogens with two attached hydrogens (primary N) is 1. The number of hydrogen-bond acceptors (Lipinski definition) is 5. The standard InChI is InChI=1S/C19H24N4O2/c20-17-12-21-16(11-22-17)14-5-7-15(8-6-14)18(25)23-19(13-24)9-3-1-2-4-10-19/h5-8,11-12,24H,1-4,9-10,13H2,(H2,20,22)(H,23,25). The molecule has 25 heavy (non-hydrogen) atoms. The summed E-state index contributed by atoms with van der Waals surface area (Å²) in [5, 5.41) is 12.9. The van der Waals surface area contributed by atoms with Crippen LogP contribution in [0.2, 0.25) is 0 Å². The lowest BCUT2D eigenvalue weighted by Crippen LogP contribution is -2.51. The summed E-state index contributed by atoms with van der Waals surface area (Å²) in [5.74, 6) is 0.225. The van der Waals surface area contributed by atoms with Crippen LogP contribution in [0.4, 0.5) is 5.82 Å². The zero-order valence-corrected chi connectivity index (χ0v) is 14.2. The number of rotatable bonds is 4. The average molecular weight is 340 g/mol. The van der Waals surface area contributed by atoms with E-state index in [4.69, 9.17) is 5.73 Å². The van der Waals surface area contributed by atoms with Crippen LogP contribution in [0, 0.1) is 0 Å². The number of nitrogens with zero attached hydrogens (tertiary/aromatic N) is 2. The smallest absolute Gasteiger partial charge is 0.251 e. The Hall–Kier alpha value is -2.47. The number of carbonyl (C=O) groups is 1. The summed E-state index contributed by atoms with van der Waals surface area (Å²) in [4.78, 5) is 20.9. The maximum atomic E-state index is 12.6. The Morgan fingerprint density at radius 1 is 1.08 bits per heavy atom. The van der Waals surface area contributed by atoms with Crippen LogP contribution >= 0.6 is 0 Å². The van der Waals surface area contributed by atoms with Gasteiger partial charge in [0.1, 0.15) is 5.82 Å². The number of benzene rings is 1. The van der Waals surface area contributed by atoms with Gasteiger partial charge < -0.3 is 16.2 Å². The van der Waals surface area contributed by atoms with E-state index in [1.807, 2.05) is 12.1 Å². The van der Waals surface area contributed by atoms with Crippen LogP contribution in [-0.2, 0) is 0 Å². The molecule has 0 radical (unpaired) electrons. The molecule has 0 saturated heterocycles. The summed E-state index contributed by atoms with van der Waals surface area (Å²) in [6.45, 7) is -0.0160. The number of aromatic nitrogens is 2. The highest BCUT2D eigenvalue weighted by atomic mass is 16.3. The van der Waals surface area contributed by atoms with Gasteiger partial charge in [-0.2, -0.15) is 0 Å². The largest absolute Gasteiger partial charge is 0.394 e. The fourth-order valence-electron chi connectivity index (χ4n) is 3.32. The van der Waals surface area contributed by atoms with E-state index in [2.05, 4.69) is 15.3 Å². The van der Waals surface area contributed by atoms with Gasteiger partial charge in [0.15, 0.2) is 0 Å². The van der Waals surface area contributed by atoms with Gasteiger partial charge in [-0.05, 0) is 25.0 Å². The van der Waals surface area contributed by atoms with Gasteiger partial charge in [-0.15, -0.1) is 0 Å². The monoisotopic (exact) mass is 340 g/mol. The molecule has 0 atom stereocenters. The lowest BCUT2D eigenvalue weighted by molar-refractivity contribution is 0.0806. The first-order valence-electron chi connectivity index (χ1n) is 8.73. The predicted octanol–water partition coefficient (Wildman–Crippen LogP) is 2.54. The van der Waals surface area contributed by atoms with E-state index in [1.54, 1.807) is 18.3 Å². The molecule has 3 rings (SSSR count). The summed E-state index contributed by atoms with van der Waals surface area (Å²) >= 11 is 0. The molecule has 0 spiro atoms. The van der Waals surface area contributed by atoms with Gasteiger partial charge in [-0.25, -0.2) is 4.98 Å². The minimum atomic E-state index is -0.491. The number of hydrogen-bond donors (Lipinski definition) is 3. The van der Waals surface area contributed by atoms with Crippen molar-refractivity contribution in [3.8, 4) is 11.3 Å². The van der Waals surface area contributed by atoms with Gasteiger partial charge in [0.2, 0.25) is 0 Å². The van der Waals surface area contributed by atoms with Gasteiger partial charge >= 0.3 is 0 Å². The van der Waals surface area contributed by atoms with Crippen molar-refractivity contribution < 1.29 is 9.90 Å². The van der Waals surface area contributed by atoms with E-state index >= 15 is 0 Å². The number of amides is 1. The van der Waals surface area contributed by atoms with Crippen molar-refractivity contribution in [3.63, 3.8) is 0 Å². The molecule has 0 aliphatic heterocycles. The number of nitrogens with one attached hydrogen (secondary N) is 1. The lowest BCUT2D eigenvalue weighted by Gasteiger charge is -2.32. The normalized spacial score (nSPS) is 16.8. The van der Waals surface area contributed by atoms with E-state index < -0.39 is 5.54 Å². The van der Waals surface area contributed by atoms with Crippen LogP contribution in [0.5, 0.6) is 0 Å². The SMILES string of the molecule is Nc1cnc(-c2ccc(C(=O)NC3(CO)CCCCCC3)cc2)cn1. The Kier molecular flexibility index (Phi) is 5.28. The second kappa shape index (κ2) is 7.61. The van der Waals surface area contributed by atoms with Crippen molar-refractivity contribution in [1.29, 1.82) is 0 Å². The number of aliphatic hydroxyl groups excluding tert-OH is 1. The minimum Gasteiger partial charge on any atom is -0.394 e. The van der Waals surface area contributed by atoms with Crippen LogP contribution in [0.1, 0.15) is 48.9 Å². The first-order valence-corrected chi connectivity index (χ1v) is 8.73. The lowest BCUT2D eigenvalue weighted by atomic mass is 9.90. The number of aliphatic hydroxyl groups is 1. The Labute approximate surface area is 147 Å². The molecule has 1 aliphatic carbocycles. The van der Waals surface area contributed by atoms with Crippen molar-refractivity contribution in [2.45, 2.75) is 44.1 Å². The summed E-state index contributed by atoms with van der Waals surface area (Å²) in [6.07, 6.45) is 9.17. The second-order valence-electron chi connectivity index (χ2n) is 6.71. The first-order chi connectivity index (χ1) is 12.1. The highest BCUT2D eigenvalue weighted by Crippen LogP contribution is 2.27. The molecule has 4 N–H and O–H groups in total. The van der Waals surface area contributed by atoms with E-state index in [9.17, 15) is 9.90 Å². The molecule has 1 heterocycles. The van der Waals surface area contributed by atoms with Crippen molar-refractivity contribution in [3.05, 3.63) is 42.2 Å². The van der Waals surface area contributed by atoms with Crippen LogP contribution < -0.4 is 11.1 Å². The van der Waals surface area contributed by atoms with E-state index in [0.29, 0.717) is 17.1 Å². The topological polar surface area (TPSA) is 101 Å². The fraction of sp³-hybridized carbons (Fsp3) is 0.421. The zero-order valence-electron chi connectivity index (χ0n) is 14.2. The zero-order chi connectivity index (χ0) is 17.7. The molecule has 6 nitrogen and oxygen atoms in total.